The van der Waals surface area contributed by atoms with Gasteiger partial charge in [-0.2, -0.15) is 0 Å². The van der Waals surface area contributed by atoms with E-state index in [1.54, 1.807) is 12.1 Å². The normalized spacial score (nSPS) is 15.7. The van der Waals surface area contributed by atoms with Crippen molar-refractivity contribution in [3.63, 3.8) is 0 Å². The van der Waals surface area contributed by atoms with Gasteiger partial charge in [0.05, 0.1) is 0 Å². The topological polar surface area (TPSA) is 45.4 Å². The molecule has 0 saturated carbocycles. The third kappa shape index (κ3) is 4.07. The van der Waals surface area contributed by atoms with Gasteiger partial charge in [0.2, 0.25) is 11.8 Å². The lowest BCUT2D eigenvalue weighted by molar-refractivity contribution is 0.184. The number of hydrogen-bond acceptors (Lipinski definition) is 5. The minimum atomic E-state index is -0.427. The second kappa shape index (κ2) is 8.70. The first-order valence-electron chi connectivity index (χ1n) is 10.5. The van der Waals surface area contributed by atoms with Gasteiger partial charge in [0, 0.05) is 43.0 Å². The SMILES string of the molecule is Fc1ccccc1C(c1nnc(-c2ccccc2)o1)N1CCN(c2ccccc2)CC1. The van der Waals surface area contributed by atoms with Crippen molar-refractivity contribution < 1.29 is 8.81 Å². The van der Waals surface area contributed by atoms with E-state index in [0.717, 1.165) is 31.7 Å². The Labute approximate surface area is 180 Å². The lowest BCUT2D eigenvalue weighted by atomic mass is 10.0. The molecule has 3 aromatic carbocycles. The highest BCUT2D eigenvalue weighted by Crippen LogP contribution is 2.32. The lowest BCUT2D eigenvalue weighted by Crippen LogP contribution is -2.48. The summed E-state index contributed by atoms with van der Waals surface area (Å²) in [5.74, 6) is 0.592. The van der Waals surface area contributed by atoms with Gasteiger partial charge in [-0.25, -0.2) is 4.39 Å². The Morgan fingerprint density at radius 3 is 2.10 bits per heavy atom. The number of hydrogen-bond donors (Lipinski definition) is 0. The molecule has 1 saturated heterocycles. The van der Waals surface area contributed by atoms with Crippen molar-refractivity contribution in [1.82, 2.24) is 15.1 Å². The molecule has 4 aromatic rings. The van der Waals surface area contributed by atoms with Gasteiger partial charge < -0.3 is 9.32 Å². The van der Waals surface area contributed by atoms with Crippen molar-refractivity contribution in [1.29, 1.82) is 0 Å². The van der Waals surface area contributed by atoms with Crippen LogP contribution in [0.5, 0.6) is 0 Å². The van der Waals surface area contributed by atoms with Crippen molar-refractivity contribution in [2.24, 2.45) is 0 Å². The maximum absolute atomic E-state index is 14.8. The highest BCUT2D eigenvalue weighted by atomic mass is 19.1. The average molecular weight is 414 g/mol. The van der Waals surface area contributed by atoms with E-state index in [0.29, 0.717) is 17.3 Å². The fourth-order valence-electron chi connectivity index (χ4n) is 4.10. The zero-order valence-corrected chi connectivity index (χ0v) is 17.1. The highest BCUT2D eigenvalue weighted by Gasteiger charge is 2.32. The third-order valence-electron chi connectivity index (χ3n) is 5.70. The highest BCUT2D eigenvalue weighted by molar-refractivity contribution is 5.52. The Morgan fingerprint density at radius 2 is 1.39 bits per heavy atom. The van der Waals surface area contributed by atoms with Crippen LogP contribution >= 0.6 is 0 Å². The summed E-state index contributed by atoms with van der Waals surface area (Å²) in [6, 6.07) is 26.4. The van der Waals surface area contributed by atoms with Crippen LogP contribution in [0, 0.1) is 5.82 Å². The van der Waals surface area contributed by atoms with Crippen LogP contribution < -0.4 is 4.90 Å². The minimum absolute atomic E-state index is 0.266. The molecule has 1 atom stereocenters. The van der Waals surface area contributed by atoms with E-state index in [1.807, 2.05) is 54.6 Å². The van der Waals surface area contributed by atoms with Crippen molar-refractivity contribution in [2.45, 2.75) is 6.04 Å². The molecule has 0 N–H and O–H groups in total. The molecule has 1 aliphatic rings. The van der Waals surface area contributed by atoms with Gasteiger partial charge in [-0.3, -0.25) is 4.90 Å². The number of rotatable bonds is 5. The smallest absolute Gasteiger partial charge is 0.247 e. The average Bonchev–Trinajstić information content (AvgIpc) is 3.32. The Kier molecular flexibility index (Phi) is 5.46. The Morgan fingerprint density at radius 1 is 0.742 bits per heavy atom. The summed E-state index contributed by atoms with van der Waals surface area (Å²) in [5, 5.41) is 8.57. The molecule has 0 spiro atoms. The van der Waals surface area contributed by atoms with Gasteiger partial charge in [-0.05, 0) is 30.3 Å². The number of nitrogens with zero attached hydrogens (tertiary/aromatic N) is 4. The van der Waals surface area contributed by atoms with Crippen LogP contribution in [0.2, 0.25) is 0 Å². The fraction of sp³-hybridized carbons (Fsp3) is 0.200. The number of para-hydroxylation sites is 1. The number of anilines is 1. The van der Waals surface area contributed by atoms with Gasteiger partial charge in [0.1, 0.15) is 11.9 Å². The van der Waals surface area contributed by atoms with Gasteiger partial charge in [-0.1, -0.05) is 54.6 Å². The number of halogens is 1. The number of aromatic nitrogens is 2. The maximum Gasteiger partial charge on any atom is 0.247 e. The molecule has 5 rings (SSSR count). The zero-order valence-electron chi connectivity index (χ0n) is 17.1. The number of piperazine rings is 1. The molecule has 1 aromatic heterocycles. The standard InChI is InChI=1S/C25H23FN4O/c26-22-14-8-7-13-21(22)23(25-28-27-24(31-25)19-9-3-1-4-10-19)30-17-15-29(16-18-30)20-11-5-2-6-12-20/h1-14,23H,15-18H2. The second-order valence-corrected chi connectivity index (χ2v) is 7.59. The predicted molar refractivity (Wildman–Crippen MR) is 118 cm³/mol. The summed E-state index contributed by atoms with van der Waals surface area (Å²) >= 11 is 0. The summed E-state index contributed by atoms with van der Waals surface area (Å²) < 4.78 is 20.9. The second-order valence-electron chi connectivity index (χ2n) is 7.59. The van der Waals surface area contributed by atoms with Crippen LogP contribution in [-0.2, 0) is 0 Å². The molecule has 0 aliphatic carbocycles. The Balaban J connectivity index is 1.44. The molecule has 2 heterocycles. The molecule has 1 unspecified atom stereocenters. The van der Waals surface area contributed by atoms with Gasteiger partial charge in [0.15, 0.2) is 0 Å². The molecule has 1 aliphatic heterocycles. The quantitative estimate of drug-likeness (QED) is 0.470. The molecule has 1 fully saturated rings. The van der Waals surface area contributed by atoms with Crippen LogP contribution in [-0.4, -0.2) is 41.3 Å². The van der Waals surface area contributed by atoms with Crippen molar-refractivity contribution in [3.8, 4) is 11.5 Å². The van der Waals surface area contributed by atoms with E-state index in [-0.39, 0.29) is 5.82 Å². The summed E-state index contributed by atoms with van der Waals surface area (Å²) in [7, 11) is 0. The molecular weight excluding hydrogens is 391 g/mol. The van der Waals surface area contributed by atoms with Gasteiger partial charge >= 0.3 is 0 Å². The number of benzene rings is 3. The van der Waals surface area contributed by atoms with E-state index < -0.39 is 6.04 Å². The summed E-state index contributed by atoms with van der Waals surface area (Å²) in [6.07, 6.45) is 0. The molecule has 31 heavy (non-hydrogen) atoms. The van der Waals surface area contributed by atoms with Gasteiger partial charge in [0.25, 0.3) is 0 Å². The van der Waals surface area contributed by atoms with Crippen LogP contribution in [0.1, 0.15) is 17.5 Å². The molecular formula is C25H23FN4O. The summed E-state index contributed by atoms with van der Waals surface area (Å²) in [6.45, 7) is 3.21. The van der Waals surface area contributed by atoms with E-state index in [9.17, 15) is 4.39 Å². The van der Waals surface area contributed by atoms with Crippen molar-refractivity contribution in [2.75, 3.05) is 31.1 Å². The van der Waals surface area contributed by atoms with Crippen molar-refractivity contribution >= 4 is 5.69 Å². The summed E-state index contributed by atoms with van der Waals surface area (Å²) in [5.41, 5.74) is 2.61. The first-order valence-corrected chi connectivity index (χ1v) is 10.5. The molecule has 0 bridgehead atoms. The van der Waals surface area contributed by atoms with Crippen molar-refractivity contribution in [3.05, 3.63) is 102 Å². The molecule has 0 radical (unpaired) electrons. The van der Waals surface area contributed by atoms with E-state index >= 15 is 0 Å². The van der Waals surface area contributed by atoms with Crippen LogP contribution in [0.25, 0.3) is 11.5 Å². The zero-order chi connectivity index (χ0) is 21.0. The third-order valence-corrected chi connectivity index (χ3v) is 5.70. The molecule has 5 nitrogen and oxygen atoms in total. The predicted octanol–water partition coefficient (Wildman–Crippen LogP) is 4.79. The molecule has 0 amide bonds. The minimum Gasteiger partial charge on any atom is -0.419 e. The fourth-order valence-corrected chi connectivity index (χ4v) is 4.10. The van der Waals surface area contributed by atoms with Crippen LogP contribution in [0.15, 0.2) is 89.3 Å². The molecule has 6 heteroatoms. The molecule has 156 valence electrons. The lowest BCUT2D eigenvalue weighted by Gasteiger charge is -2.39. The maximum atomic E-state index is 14.8. The largest absolute Gasteiger partial charge is 0.419 e. The first kappa shape index (κ1) is 19.5. The van der Waals surface area contributed by atoms with E-state index in [1.165, 1.54) is 11.8 Å². The Bertz CT molecular complexity index is 1120. The van der Waals surface area contributed by atoms with Gasteiger partial charge in [-0.15, -0.1) is 10.2 Å². The monoisotopic (exact) mass is 414 g/mol. The summed E-state index contributed by atoms with van der Waals surface area (Å²) in [4.78, 5) is 4.57. The van der Waals surface area contributed by atoms with Crippen LogP contribution in [0.4, 0.5) is 10.1 Å². The Hall–Kier alpha value is -3.51. The van der Waals surface area contributed by atoms with E-state index in [4.69, 9.17) is 4.42 Å². The van der Waals surface area contributed by atoms with Crippen LogP contribution in [0.3, 0.4) is 0 Å². The van der Waals surface area contributed by atoms with E-state index in [2.05, 4.69) is 32.1 Å². The first-order chi connectivity index (χ1) is 15.3.